The van der Waals surface area contributed by atoms with Crippen LogP contribution < -0.4 is 0 Å². The van der Waals surface area contributed by atoms with Crippen LogP contribution in [0.1, 0.15) is 41.5 Å². The van der Waals surface area contributed by atoms with Crippen molar-refractivity contribution in [3.05, 3.63) is 4.65 Å². The van der Waals surface area contributed by atoms with Crippen molar-refractivity contribution in [3.63, 3.8) is 0 Å². The molecule has 1 nitrogen and oxygen atoms in total. The van der Waals surface area contributed by atoms with Gasteiger partial charge in [-0.15, -0.1) is 0 Å². The summed E-state index contributed by atoms with van der Waals surface area (Å²) in [7, 11) is -2.93. The van der Waals surface area contributed by atoms with Gasteiger partial charge in [0.1, 0.15) is 0 Å². The first kappa shape index (κ1) is 15.4. The van der Waals surface area contributed by atoms with Crippen molar-refractivity contribution in [3.8, 4) is 0 Å². The van der Waals surface area contributed by atoms with Crippen molar-refractivity contribution in [1.29, 1.82) is 0 Å². The van der Waals surface area contributed by atoms with Crippen LogP contribution in [0.25, 0.3) is 4.65 Å². The van der Waals surface area contributed by atoms with Gasteiger partial charge in [0, 0.05) is 0 Å². The molecular formula is C12H30NSi2-. The van der Waals surface area contributed by atoms with Crippen LogP contribution in [0.4, 0.5) is 0 Å². The van der Waals surface area contributed by atoms with Gasteiger partial charge in [-0.2, -0.15) is 0 Å². The molecule has 0 N–H and O–H groups in total. The molecule has 0 aromatic heterocycles. The molecule has 0 atom stereocenters. The highest BCUT2D eigenvalue weighted by molar-refractivity contribution is 7.04. The van der Waals surface area contributed by atoms with Gasteiger partial charge < -0.3 is 4.65 Å². The van der Waals surface area contributed by atoms with Crippen molar-refractivity contribution in [1.82, 2.24) is 0 Å². The van der Waals surface area contributed by atoms with Crippen molar-refractivity contribution in [2.24, 2.45) is 0 Å². The maximum atomic E-state index is 5.36. The van der Waals surface area contributed by atoms with Crippen LogP contribution >= 0.6 is 0 Å². The van der Waals surface area contributed by atoms with Crippen LogP contribution in [-0.4, -0.2) is 16.5 Å². The molecule has 0 rings (SSSR count). The van der Waals surface area contributed by atoms with Crippen LogP contribution in [0.3, 0.4) is 0 Å². The molecule has 0 heterocycles. The zero-order valence-electron chi connectivity index (χ0n) is 12.4. The quantitative estimate of drug-likeness (QED) is 0.580. The molecule has 0 fully saturated rings. The molecule has 0 unspecified atom stereocenters. The molecule has 0 spiro atoms. The fourth-order valence-corrected chi connectivity index (χ4v) is 9.31. The monoisotopic (exact) mass is 244 g/mol. The van der Waals surface area contributed by atoms with E-state index in [0.29, 0.717) is 10.1 Å². The summed E-state index contributed by atoms with van der Waals surface area (Å²) in [4.78, 5) is 0. The van der Waals surface area contributed by atoms with Crippen LogP contribution in [-0.2, 0) is 0 Å². The third kappa shape index (κ3) is 3.72. The van der Waals surface area contributed by atoms with Gasteiger partial charge in [0.05, 0.1) is 0 Å². The maximum absolute atomic E-state index is 5.36. The van der Waals surface area contributed by atoms with Crippen LogP contribution in [0.2, 0.25) is 36.3 Å². The highest BCUT2D eigenvalue weighted by Crippen LogP contribution is 2.48. The molecule has 0 bridgehead atoms. The molecule has 3 heteroatoms. The largest absolute Gasteiger partial charge is 0.666 e. The van der Waals surface area contributed by atoms with Gasteiger partial charge in [0.2, 0.25) is 0 Å². The van der Waals surface area contributed by atoms with Gasteiger partial charge in [0.25, 0.3) is 0 Å². The third-order valence-corrected chi connectivity index (χ3v) is 16.0. The predicted octanol–water partition coefficient (Wildman–Crippen LogP) is 5.37. The Balaban J connectivity index is 4.89. The number of nitrogens with zero attached hydrogens (tertiary/aromatic N) is 1. The molecule has 0 aromatic carbocycles. The Morgan fingerprint density at radius 1 is 0.600 bits per heavy atom. The van der Waals surface area contributed by atoms with E-state index in [0.717, 1.165) is 0 Å². The van der Waals surface area contributed by atoms with E-state index in [9.17, 15) is 0 Å². The minimum absolute atomic E-state index is 0.377. The summed E-state index contributed by atoms with van der Waals surface area (Å²) in [6, 6.07) is 0. The Bertz CT molecular complexity index is 195. The third-order valence-electron chi connectivity index (χ3n) is 4.23. The van der Waals surface area contributed by atoms with E-state index in [1.165, 1.54) is 0 Å². The Morgan fingerprint density at radius 3 is 0.933 bits per heavy atom. The van der Waals surface area contributed by atoms with Gasteiger partial charge in [-0.1, -0.05) is 94.3 Å². The summed E-state index contributed by atoms with van der Waals surface area (Å²) >= 11 is 0. The van der Waals surface area contributed by atoms with E-state index in [2.05, 4.69) is 67.7 Å². The molecule has 0 amide bonds. The smallest absolute Gasteiger partial charge is 0.0587 e. The Hall–Kier alpha value is 0.394. The molecule has 0 aliphatic rings. The molecule has 0 aliphatic carbocycles. The number of rotatable bonds is 2. The molecule has 0 aromatic rings. The standard InChI is InChI=1S/C12H30NSi2/c1-11(2,3)14(7,8)13-15(9,10)12(4,5)6/h1-10H3/q-1. The second kappa shape index (κ2) is 4.00. The Kier molecular flexibility index (Phi) is 4.11. The van der Waals surface area contributed by atoms with Crippen molar-refractivity contribution < 1.29 is 0 Å². The molecule has 0 aliphatic heterocycles. The SMILES string of the molecule is CC(C)(C)[Si](C)(C)[N-][Si](C)(C)C(C)(C)C. The number of hydrogen-bond acceptors (Lipinski definition) is 0. The lowest BCUT2D eigenvalue weighted by Crippen LogP contribution is -2.48. The van der Waals surface area contributed by atoms with Gasteiger partial charge in [-0.05, 0) is 0 Å². The average Bonchev–Trinajstić information content (AvgIpc) is 1.77. The first-order valence-corrected chi connectivity index (χ1v) is 11.8. The van der Waals surface area contributed by atoms with Gasteiger partial charge >= 0.3 is 0 Å². The summed E-state index contributed by atoms with van der Waals surface area (Å²) < 4.78 is 5.36. The number of hydrogen-bond donors (Lipinski definition) is 0. The van der Waals surface area contributed by atoms with Crippen LogP contribution in [0.5, 0.6) is 0 Å². The van der Waals surface area contributed by atoms with Gasteiger partial charge in [-0.25, -0.2) is 0 Å². The van der Waals surface area contributed by atoms with Crippen LogP contribution in [0.15, 0.2) is 0 Å². The minimum atomic E-state index is -1.46. The highest BCUT2D eigenvalue weighted by atomic mass is 28.4. The second-order valence-electron chi connectivity index (χ2n) is 7.73. The van der Waals surface area contributed by atoms with E-state index in [1.54, 1.807) is 0 Å². The normalized spacial score (nSPS) is 15.6. The molecule has 92 valence electrons. The molecular weight excluding hydrogens is 214 g/mol. The maximum Gasteiger partial charge on any atom is -0.0587 e. The fraction of sp³-hybridized carbons (Fsp3) is 1.00. The molecule has 15 heavy (non-hydrogen) atoms. The van der Waals surface area contributed by atoms with E-state index in [1.807, 2.05) is 0 Å². The van der Waals surface area contributed by atoms with Gasteiger partial charge in [-0.3, -0.25) is 0 Å². The lowest BCUT2D eigenvalue weighted by Gasteiger charge is -2.61. The predicted molar refractivity (Wildman–Crippen MR) is 77.8 cm³/mol. The van der Waals surface area contributed by atoms with Crippen molar-refractivity contribution in [2.75, 3.05) is 0 Å². The molecule has 0 radical (unpaired) electrons. The molecule has 0 saturated carbocycles. The van der Waals surface area contributed by atoms with E-state index < -0.39 is 16.5 Å². The van der Waals surface area contributed by atoms with Crippen molar-refractivity contribution >= 4 is 16.5 Å². The zero-order chi connectivity index (χ0) is 12.7. The first-order chi connectivity index (χ1) is 6.21. The summed E-state index contributed by atoms with van der Waals surface area (Å²) in [5, 5.41) is 0.755. The fourth-order valence-electron chi connectivity index (χ4n) is 1.03. The summed E-state index contributed by atoms with van der Waals surface area (Å²) in [6.07, 6.45) is 0. The second-order valence-corrected chi connectivity index (χ2v) is 17.9. The topological polar surface area (TPSA) is 14.1 Å². The van der Waals surface area contributed by atoms with Crippen LogP contribution in [0, 0.1) is 0 Å². The van der Waals surface area contributed by atoms with Gasteiger partial charge in [0.15, 0.2) is 0 Å². The van der Waals surface area contributed by atoms with E-state index in [4.69, 9.17) is 4.65 Å². The lowest BCUT2D eigenvalue weighted by molar-refractivity contribution is 0.714. The lowest BCUT2D eigenvalue weighted by atomic mass is 10.2. The Labute approximate surface area is 99.2 Å². The summed E-state index contributed by atoms with van der Waals surface area (Å²) in [5.41, 5.74) is 0. The minimum Gasteiger partial charge on any atom is -0.666 e. The van der Waals surface area contributed by atoms with Crippen molar-refractivity contribution in [2.45, 2.75) is 77.8 Å². The Morgan fingerprint density at radius 2 is 0.800 bits per heavy atom. The summed E-state index contributed by atoms with van der Waals surface area (Å²) in [5.74, 6) is 0. The summed E-state index contributed by atoms with van der Waals surface area (Å²) in [6.45, 7) is 23.7. The highest BCUT2D eigenvalue weighted by Gasteiger charge is 2.33. The zero-order valence-corrected chi connectivity index (χ0v) is 14.4. The van der Waals surface area contributed by atoms with E-state index >= 15 is 0 Å². The molecule has 0 saturated heterocycles. The first-order valence-electron chi connectivity index (χ1n) is 5.95. The van der Waals surface area contributed by atoms with E-state index in [-0.39, 0.29) is 0 Å². The average molecular weight is 245 g/mol.